The highest BCUT2D eigenvalue weighted by atomic mass is 16.5. The van der Waals surface area contributed by atoms with Gasteiger partial charge in [-0.1, -0.05) is 6.07 Å². The van der Waals surface area contributed by atoms with E-state index in [1.165, 1.54) is 6.07 Å². The first kappa shape index (κ1) is 11.8. The van der Waals surface area contributed by atoms with Crippen LogP contribution in [0.25, 0.3) is 0 Å². The van der Waals surface area contributed by atoms with Crippen LogP contribution in [0.5, 0.6) is 11.5 Å². The molecule has 0 aliphatic heterocycles. The molecule has 0 amide bonds. The summed E-state index contributed by atoms with van der Waals surface area (Å²) in [6, 6.07) is 6.45. The van der Waals surface area contributed by atoms with Gasteiger partial charge in [-0.2, -0.15) is 0 Å². The Morgan fingerprint density at radius 3 is 2.80 bits per heavy atom. The van der Waals surface area contributed by atoms with E-state index in [9.17, 15) is 5.11 Å². The van der Waals surface area contributed by atoms with Crippen molar-refractivity contribution in [3.63, 3.8) is 0 Å². The van der Waals surface area contributed by atoms with Crippen LogP contribution < -0.4 is 4.74 Å². The first-order chi connectivity index (χ1) is 7.22. The molecule has 1 atom stereocenters. The molecule has 0 saturated carbocycles. The maximum atomic E-state index is 9.40. The van der Waals surface area contributed by atoms with Crippen molar-refractivity contribution in [3.05, 3.63) is 24.3 Å². The first-order valence-corrected chi connectivity index (χ1v) is 4.90. The van der Waals surface area contributed by atoms with E-state index in [1.807, 2.05) is 6.92 Å². The van der Waals surface area contributed by atoms with Crippen molar-refractivity contribution < 1.29 is 19.7 Å². The van der Waals surface area contributed by atoms with Gasteiger partial charge in [-0.25, -0.2) is 0 Å². The molecule has 1 aromatic rings. The zero-order valence-electron chi connectivity index (χ0n) is 8.72. The lowest BCUT2D eigenvalue weighted by Gasteiger charge is -2.12. The molecule has 0 radical (unpaired) electrons. The molecule has 0 saturated heterocycles. The average Bonchev–Trinajstić information content (AvgIpc) is 2.23. The van der Waals surface area contributed by atoms with Gasteiger partial charge >= 0.3 is 0 Å². The van der Waals surface area contributed by atoms with Crippen LogP contribution in [0.4, 0.5) is 0 Å². The summed E-state index contributed by atoms with van der Waals surface area (Å²) >= 11 is 0. The molecular weight excluding hydrogens is 196 g/mol. The SMILES string of the molecule is CCOCC(O)COc1cccc(O)c1. The van der Waals surface area contributed by atoms with Gasteiger partial charge in [0.2, 0.25) is 0 Å². The molecule has 0 bridgehead atoms. The number of aromatic hydroxyl groups is 1. The van der Waals surface area contributed by atoms with Gasteiger partial charge in [-0.3, -0.25) is 0 Å². The van der Waals surface area contributed by atoms with Gasteiger partial charge in [0.1, 0.15) is 24.2 Å². The third kappa shape index (κ3) is 4.67. The minimum atomic E-state index is -0.646. The zero-order valence-corrected chi connectivity index (χ0v) is 8.72. The number of aliphatic hydroxyl groups is 1. The smallest absolute Gasteiger partial charge is 0.123 e. The Morgan fingerprint density at radius 2 is 2.13 bits per heavy atom. The fourth-order valence-corrected chi connectivity index (χ4v) is 1.07. The Bertz CT molecular complexity index is 288. The van der Waals surface area contributed by atoms with Crippen molar-refractivity contribution in [2.75, 3.05) is 19.8 Å². The van der Waals surface area contributed by atoms with Crippen LogP contribution in [-0.2, 0) is 4.74 Å². The van der Waals surface area contributed by atoms with Crippen LogP contribution in [0.2, 0.25) is 0 Å². The molecule has 15 heavy (non-hydrogen) atoms. The largest absolute Gasteiger partial charge is 0.508 e. The highest BCUT2D eigenvalue weighted by Crippen LogP contribution is 2.17. The van der Waals surface area contributed by atoms with Gasteiger partial charge in [0, 0.05) is 12.7 Å². The molecule has 1 rings (SSSR count). The van der Waals surface area contributed by atoms with Crippen molar-refractivity contribution in [2.24, 2.45) is 0 Å². The van der Waals surface area contributed by atoms with Gasteiger partial charge in [-0.15, -0.1) is 0 Å². The maximum Gasteiger partial charge on any atom is 0.123 e. The first-order valence-electron chi connectivity index (χ1n) is 4.90. The standard InChI is InChI=1S/C11H16O4/c1-2-14-7-10(13)8-15-11-5-3-4-9(12)6-11/h3-6,10,12-13H,2,7-8H2,1H3. The highest BCUT2D eigenvalue weighted by Gasteiger charge is 2.04. The second-order valence-electron chi connectivity index (χ2n) is 3.12. The van der Waals surface area contributed by atoms with E-state index in [2.05, 4.69) is 0 Å². The molecule has 0 heterocycles. The van der Waals surface area contributed by atoms with Crippen LogP contribution in [-0.4, -0.2) is 36.1 Å². The van der Waals surface area contributed by atoms with E-state index in [-0.39, 0.29) is 19.0 Å². The molecule has 0 aliphatic rings. The molecule has 2 N–H and O–H groups in total. The molecule has 0 spiro atoms. The van der Waals surface area contributed by atoms with Crippen molar-refractivity contribution in [1.82, 2.24) is 0 Å². The monoisotopic (exact) mass is 212 g/mol. The number of phenolic OH excluding ortho intramolecular Hbond substituents is 1. The van der Waals surface area contributed by atoms with Crippen LogP contribution >= 0.6 is 0 Å². The van der Waals surface area contributed by atoms with E-state index in [1.54, 1.807) is 18.2 Å². The average molecular weight is 212 g/mol. The lowest BCUT2D eigenvalue weighted by atomic mass is 10.3. The summed E-state index contributed by atoms with van der Waals surface area (Å²) in [7, 11) is 0. The summed E-state index contributed by atoms with van der Waals surface area (Å²) in [5, 5.41) is 18.6. The predicted molar refractivity (Wildman–Crippen MR) is 56.1 cm³/mol. The Kier molecular flexibility index (Phi) is 4.93. The lowest BCUT2D eigenvalue weighted by Crippen LogP contribution is -2.23. The van der Waals surface area contributed by atoms with E-state index < -0.39 is 6.10 Å². The van der Waals surface area contributed by atoms with Crippen LogP contribution in [0.3, 0.4) is 0 Å². The van der Waals surface area contributed by atoms with Crippen LogP contribution in [0, 0.1) is 0 Å². The molecule has 84 valence electrons. The predicted octanol–water partition coefficient (Wildman–Crippen LogP) is 1.17. The summed E-state index contributed by atoms with van der Waals surface area (Å²) < 4.78 is 10.3. The van der Waals surface area contributed by atoms with Crippen molar-refractivity contribution in [1.29, 1.82) is 0 Å². The van der Waals surface area contributed by atoms with Gasteiger partial charge in [0.25, 0.3) is 0 Å². The van der Waals surface area contributed by atoms with Crippen molar-refractivity contribution in [2.45, 2.75) is 13.0 Å². The quantitative estimate of drug-likeness (QED) is 0.743. The highest BCUT2D eigenvalue weighted by molar-refractivity contribution is 5.31. The number of phenols is 1. The Morgan fingerprint density at radius 1 is 1.33 bits per heavy atom. The van der Waals surface area contributed by atoms with Crippen LogP contribution in [0.15, 0.2) is 24.3 Å². The number of rotatable bonds is 6. The van der Waals surface area contributed by atoms with Crippen molar-refractivity contribution in [3.8, 4) is 11.5 Å². The molecule has 4 nitrogen and oxygen atoms in total. The van der Waals surface area contributed by atoms with Gasteiger partial charge in [-0.05, 0) is 19.1 Å². The number of hydrogen-bond donors (Lipinski definition) is 2. The second-order valence-corrected chi connectivity index (χ2v) is 3.12. The fourth-order valence-electron chi connectivity index (χ4n) is 1.07. The Labute approximate surface area is 89.1 Å². The lowest BCUT2D eigenvalue weighted by molar-refractivity contribution is 0.0164. The minimum absolute atomic E-state index is 0.145. The molecule has 0 fully saturated rings. The number of aliphatic hydroxyl groups excluding tert-OH is 1. The van der Waals surface area contributed by atoms with Gasteiger partial charge < -0.3 is 19.7 Å². The summed E-state index contributed by atoms with van der Waals surface area (Å²) in [5.41, 5.74) is 0. The number of hydrogen-bond acceptors (Lipinski definition) is 4. The fraction of sp³-hybridized carbons (Fsp3) is 0.455. The summed E-state index contributed by atoms with van der Waals surface area (Å²) in [6.07, 6.45) is -0.646. The Balaban J connectivity index is 2.30. The summed E-state index contributed by atoms with van der Waals surface area (Å²) in [4.78, 5) is 0. The molecule has 1 aromatic carbocycles. The minimum Gasteiger partial charge on any atom is -0.508 e. The number of ether oxygens (including phenoxy) is 2. The molecule has 0 aromatic heterocycles. The van der Waals surface area contributed by atoms with Crippen molar-refractivity contribution >= 4 is 0 Å². The maximum absolute atomic E-state index is 9.40. The van der Waals surface area contributed by atoms with E-state index in [0.717, 1.165) is 0 Å². The third-order valence-electron chi connectivity index (χ3n) is 1.77. The second kappa shape index (κ2) is 6.27. The molecular formula is C11H16O4. The number of benzene rings is 1. The zero-order chi connectivity index (χ0) is 11.1. The molecule has 1 unspecified atom stereocenters. The normalized spacial score (nSPS) is 12.4. The van der Waals surface area contributed by atoms with E-state index in [4.69, 9.17) is 14.6 Å². The third-order valence-corrected chi connectivity index (χ3v) is 1.77. The van der Waals surface area contributed by atoms with E-state index in [0.29, 0.717) is 12.4 Å². The van der Waals surface area contributed by atoms with E-state index >= 15 is 0 Å². The summed E-state index contributed by atoms with van der Waals surface area (Å²) in [5.74, 6) is 0.678. The van der Waals surface area contributed by atoms with Gasteiger partial charge in [0.05, 0.1) is 6.61 Å². The summed E-state index contributed by atoms with van der Waals surface area (Å²) in [6.45, 7) is 2.85. The topological polar surface area (TPSA) is 58.9 Å². The van der Waals surface area contributed by atoms with Crippen LogP contribution in [0.1, 0.15) is 6.92 Å². The molecule has 0 aliphatic carbocycles. The Hall–Kier alpha value is -1.26. The van der Waals surface area contributed by atoms with Gasteiger partial charge in [0.15, 0.2) is 0 Å². The molecule has 4 heteroatoms.